The van der Waals surface area contributed by atoms with E-state index < -0.39 is 53.7 Å². The number of carbonyl (C=O) groups is 12. The molecule has 24 nitrogen and oxygen atoms in total. The number of hydrogen-bond donors (Lipinski definition) is 1. The number of aldehydes is 1. The van der Waals surface area contributed by atoms with E-state index in [0.29, 0.717) is 115 Å². The van der Waals surface area contributed by atoms with Crippen LogP contribution in [0.2, 0.25) is 30.1 Å². The minimum absolute atomic E-state index is 0.00283. The number of halogens is 7. The van der Waals surface area contributed by atoms with Gasteiger partial charge in [-0.25, -0.2) is 0 Å². The molecule has 13 rings (SSSR count). The van der Waals surface area contributed by atoms with Gasteiger partial charge in [0.25, 0.3) is 23.5 Å². The van der Waals surface area contributed by atoms with Crippen LogP contribution in [0, 0.1) is 29.6 Å². The lowest BCUT2D eigenvalue weighted by atomic mass is 9.92. The highest BCUT2D eigenvalue weighted by molar-refractivity contribution is 6.64. The van der Waals surface area contributed by atoms with E-state index in [1.54, 1.807) is 34.9 Å². The molecular formula is C79H89Cl7N6O18. The summed E-state index contributed by atoms with van der Waals surface area (Å²) in [7, 11) is 0. The summed E-state index contributed by atoms with van der Waals surface area (Å²) in [6, 6.07) is 34.7. The lowest BCUT2D eigenvalue weighted by Crippen LogP contribution is -2.55. The lowest BCUT2D eigenvalue weighted by molar-refractivity contribution is -0.231. The van der Waals surface area contributed by atoms with Crippen LogP contribution in [0.4, 0.5) is 17.1 Å². The predicted molar refractivity (Wildman–Crippen MR) is 416 cm³/mol. The molecule has 4 heterocycles. The van der Waals surface area contributed by atoms with Crippen LogP contribution in [-0.4, -0.2) is 193 Å². The second kappa shape index (κ2) is 42.7. The molecule has 1 N–H and O–H groups in total. The number of cyclic esters (lactones) is 2. The zero-order chi connectivity index (χ0) is 79.8. The van der Waals surface area contributed by atoms with Gasteiger partial charge in [-0.15, -0.1) is 0 Å². The van der Waals surface area contributed by atoms with Gasteiger partial charge in [0.1, 0.15) is 43.7 Å². The van der Waals surface area contributed by atoms with Crippen LogP contribution in [0.1, 0.15) is 103 Å². The molecule has 0 aromatic heterocycles. The highest BCUT2D eigenvalue weighted by Crippen LogP contribution is 2.37. The minimum atomic E-state index is -1.28. The molecule has 4 aliphatic heterocycles. The third kappa shape index (κ3) is 29.3. The first kappa shape index (κ1) is 87.7. The van der Waals surface area contributed by atoms with Crippen molar-refractivity contribution in [2.75, 3.05) is 99.8 Å². The fraction of sp³-hybridized carbons (Fsp3) is 0.468. The number of piperazine rings is 3. The largest absolute Gasteiger partial charge is 0.460 e. The van der Waals surface area contributed by atoms with Gasteiger partial charge < -0.3 is 58.2 Å². The number of benzene rings is 5. The van der Waals surface area contributed by atoms with Crippen molar-refractivity contribution < 1.29 is 86.3 Å². The van der Waals surface area contributed by atoms with Crippen molar-refractivity contribution in [3.05, 3.63) is 157 Å². The maximum Gasteiger partial charge on any atom is 0.320 e. The number of amides is 3. The first-order valence-electron chi connectivity index (χ1n) is 36.3. The highest BCUT2D eigenvalue weighted by atomic mass is 35.5. The van der Waals surface area contributed by atoms with Gasteiger partial charge in [-0.1, -0.05) is 130 Å². The van der Waals surface area contributed by atoms with E-state index in [9.17, 15) is 62.6 Å². The van der Waals surface area contributed by atoms with Crippen molar-refractivity contribution in [3.8, 4) is 0 Å². The van der Waals surface area contributed by atoms with Crippen molar-refractivity contribution in [1.82, 2.24) is 14.7 Å². The molecule has 0 bridgehead atoms. The van der Waals surface area contributed by atoms with E-state index in [4.69, 9.17) is 95.4 Å². The summed E-state index contributed by atoms with van der Waals surface area (Å²) in [5.74, 6) is -5.76. The van der Waals surface area contributed by atoms with Gasteiger partial charge in [0.2, 0.25) is 11.5 Å². The molecule has 3 atom stereocenters. The number of esters is 4. The monoisotopic (exact) mass is 1650 g/mol. The lowest BCUT2D eigenvalue weighted by Gasteiger charge is -2.38. The number of carbonyl (C=O) groups excluding carboxylic acids is 12. The highest BCUT2D eigenvalue weighted by Gasteiger charge is 2.48. The summed E-state index contributed by atoms with van der Waals surface area (Å²) in [5.41, 5.74) is 4.48. The van der Waals surface area contributed by atoms with E-state index >= 15 is 0 Å². The van der Waals surface area contributed by atoms with Crippen molar-refractivity contribution in [1.29, 1.82) is 0 Å². The maximum atomic E-state index is 13.6. The Balaban J connectivity index is 0.000000179. The zero-order valence-corrected chi connectivity index (χ0v) is 66.5. The predicted octanol–water partition coefficient (Wildman–Crippen LogP) is 12.1. The minimum Gasteiger partial charge on any atom is -0.460 e. The van der Waals surface area contributed by atoms with E-state index in [1.165, 1.54) is 18.7 Å². The molecule has 4 saturated heterocycles. The number of nitrogens with zero attached hydrogens (tertiary/aromatic N) is 6. The number of anilines is 3. The standard InChI is InChI=1S/C27H30Cl2N2O5.C17H20Cl2N2O3.C13H14O3.C12H12Cl2N2O2.C6H8O4.C4H5ClO/c1-2-35-25(23(24(32)19-8-9-19)27(34)36-17-18-6-4-3-5-7-18)26(33)31-12-10-30(11-13-31)22-15-20(28)14-21(29)16-22;18-12-7-13(19)9-14(8-12)20-3-5-21(6-4-20)17(24)16(23)10-15(22)11-1-2-11;14-12(11-6-7-11)8-13(15)16-9-10-4-2-1-3-5-10;13-9-5-10(14)7-11(6-9)15-1-3-16(4-2-15)12(18)8-17;1-6(2)9-4(7)3-5(8)10-6;5-4(6)3-1-2-3/h3-7,14-16,19,23,25H,2,8-13,17H2,1H3;7-9,11,16,23H,1-6,10H2;1-5,11H,6-9H2;5-8H,1-4H2;3H2,1-2H3;3H,1-2H2. The maximum absolute atomic E-state index is 13.6. The Hall–Kier alpha value is -7.91. The van der Waals surface area contributed by atoms with Gasteiger partial charge in [-0.05, 0) is 136 Å². The first-order valence-corrected chi connectivity index (χ1v) is 39.0. The van der Waals surface area contributed by atoms with Crippen LogP contribution < -0.4 is 14.7 Å². The van der Waals surface area contributed by atoms with Gasteiger partial charge in [0, 0.05) is 176 Å². The number of hydrogen-bond acceptors (Lipinski definition) is 21. The van der Waals surface area contributed by atoms with E-state index in [-0.39, 0.29) is 97.2 Å². The fourth-order valence-electron chi connectivity index (χ4n) is 11.9. The van der Waals surface area contributed by atoms with E-state index in [1.807, 2.05) is 97.1 Å². The van der Waals surface area contributed by atoms with Gasteiger partial charge in [0.05, 0.1) is 0 Å². The van der Waals surface area contributed by atoms with Crippen molar-refractivity contribution in [2.45, 2.75) is 123 Å². The summed E-state index contributed by atoms with van der Waals surface area (Å²) in [4.78, 5) is 150. The molecule has 8 fully saturated rings. The van der Waals surface area contributed by atoms with Crippen LogP contribution >= 0.6 is 81.2 Å². The average Bonchev–Trinajstić information content (AvgIpc) is 0.907. The Morgan fingerprint density at radius 2 is 0.882 bits per heavy atom. The third-order valence-corrected chi connectivity index (χ3v) is 20.0. The quantitative estimate of drug-likeness (QED) is 0.0159. The average molecular weight is 1660 g/mol. The first-order chi connectivity index (χ1) is 52.5. The summed E-state index contributed by atoms with van der Waals surface area (Å²) in [5, 5.41) is 13.3. The Morgan fingerprint density at radius 1 is 0.509 bits per heavy atom. The van der Waals surface area contributed by atoms with Crippen LogP contribution in [-0.2, 0) is 94.4 Å². The second-order valence-corrected chi connectivity index (χ2v) is 30.7. The number of aliphatic hydroxyl groups excluding tert-OH is 1. The summed E-state index contributed by atoms with van der Waals surface area (Å²) in [6.45, 7) is 11.8. The molecule has 4 aliphatic carbocycles. The summed E-state index contributed by atoms with van der Waals surface area (Å²) >= 11 is 41.3. The Labute approximate surface area is 674 Å². The molecule has 8 aliphatic rings. The Bertz CT molecular complexity index is 3970. The van der Waals surface area contributed by atoms with Crippen molar-refractivity contribution in [3.63, 3.8) is 0 Å². The molecule has 0 spiro atoms. The number of aliphatic hydroxyl groups is 1. The summed E-state index contributed by atoms with van der Waals surface area (Å²) < 4.78 is 25.6. The van der Waals surface area contributed by atoms with Gasteiger partial charge in [-0.3, -0.25) is 57.5 Å². The van der Waals surface area contributed by atoms with Gasteiger partial charge in [-0.2, -0.15) is 0 Å². The normalized spacial score (nSPS) is 17.8. The molecule has 4 saturated carbocycles. The van der Waals surface area contributed by atoms with Gasteiger partial charge >= 0.3 is 23.9 Å². The molecule has 110 heavy (non-hydrogen) atoms. The summed E-state index contributed by atoms with van der Waals surface area (Å²) in [6.07, 6.45) is 4.63. The Morgan fingerprint density at radius 3 is 1.24 bits per heavy atom. The van der Waals surface area contributed by atoms with Crippen LogP contribution in [0.5, 0.6) is 0 Å². The molecule has 592 valence electrons. The third-order valence-electron chi connectivity index (χ3n) is 18.4. The molecular weight excluding hydrogens is 1570 g/mol. The molecule has 3 amide bonds. The van der Waals surface area contributed by atoms with Crippen LogP contribution in [0.15, 0.2) is 115 Å². The molecule has 5 aromatic rings. The van der Waals surface area contributed by atoms with Crippen molar-refractivity contribution >= 4 is 169 Å². The van der Waals surface area contributed by atoms with Crippen LogP contribution in [0.25, 0.3) is 0 Å². The molecule has 3 unspecified atom stereocenters. The number of rotatable bonds is 23. The molecule has 31 heteroatoms. The van der Waals surface area contributed by atoms with Crippen LogP contribution in [0.3, 0.4) is 0 Å². The van der Waals surface area contributed by atoms with E-state index in [2.05, 4.69) is 24.2 Å². The topological polar surface area (TPSA) is 291 Å². The molecule has 5 aromatic carbocycles. The Kier molecular flexibility index (Phi) is 34.0. The van der Waals surface area contributed by atoms with Gasteiger partial charge in [0.15, 0.2) is 17.8 Å². The SMILES string of the molecule is CC1(C)OC(=O)CC(=O)O1.CCOC(C(=O)N1CCN(c2cc(Cl)cc(Cl)c2)CC1)C(C(=O)OCc1ccccc1)C(=O)C1CC1.O=C(CC(=O)C1CC1)OCc1ccccc1.O=C(CC(O)C(=O)N1CCN(c2cc(Cl)cc(Cl)c2)CC1)C1CC1.O=C(Cl)C1CC1.O=CC(=O)N1CCN(c2cc(Cl)cc(Cl)c2)CC1. The van der Waals surface area contributed by atoms with E-state index in [0.717, 1.165) is 79.6 Å². The number of ether oxygens (including phenoxy) is 5. The second-order valence-electron chi connectivity index (χ2n) is 27.7. The number of Topliss-reactive ketones (excluding diaryl/α,β-unsaturated/α-hetero) is 3. The molecule has 0 radical (unpaired) electrons. The number of ketones is 3. The zero-order valence-electron chi connectivity index (χ0n) is 61.2. The van der Waals surface area contributed by atoms with Crippen molar-refractivity contribution in [2.24, 2.45) is 29.6 Å². The smallest absolute Gasteiger partial charge is 0.320 e. The fourth-order valence-corrected chi connectivity index (χ4v) is 13.7.